The maximum atomic E-state index is 10.9. The Labute approximate surface area is 211 Å². The van der Waals surface area contributed by atoms with E-state index >= 15 is 0 Å². The van der Waals surface area contributed by atoms with E-state index in [-0.39, 0.29) is 5.69 Å². The van der Waals surface area contributed by atoms with Crippen molar-refractivity contribution in [2.45, 2.75) is 40.5 Å². The van der Waals surface area contributed by atoms with Crippen LogP contribution in [0.15, 0.2) is 77.0 Å². The summed E-state index contributed by atoms with van der Waals surface area (Å²) < 4.78 is 6.57. The molecule has 0 amide bonds. The Morgan fingerprint density at radius 2 is 1.67 bits per heavy atom. The lowest BCUT2D eigenvalue weighted by atomic mass is 9.95. The first-order chi connectivity index (χ1) is 17.5. The van der Waals surface area contributed by atoms with Crippen LogP contribution in [0, 0.1) is 17.0 Å². The highest BCUT2D eigenvalue weighted by molar-refractivity contribution is 5.92. The first-order valence-corrected chi connectivity index (χ1v) is 12.2. The smallest absolute Gasteiger partial charge is 0.269 e. The lowest BCUT2D eigenvalue weighted by Gasteiger charge is -2.18. The van der Waals surface area contributed by atoms with Crippen LogP contribution in [0.5, 0.6) is 11.5 Å². The van der Waals surface area contributed by atoms with Gasteiger partial charge in [-0.2, -0.15) is 5.11 Å². The van der Waals surface area contributed by atoms with Gasteiger partial charge in [-0.3, -0.25) is 10.1 Å². The van der Waals surface area contributed by atoms with Gasteiger partial charge in [0.15, 0.2) is 5.75 Å². The highest BCUT2D eigenvalue weighted by Crippen LogP contribution is 2.42. The summed E-state index contributed by atoms with van der Waals surface area (Å²) in [6.45, 7) is 9.18. The number of azo groups is 1. The fourth-order valence-corrected chi connectivity index (χ4v) is 4.40. The van der Waals surface area contributed by atoms with Crippen LogP contribution >= 0.6 is 0 Å². The van der Waals surface area contributed by atoms with Gasteiger partial charge in [0.05, 0.1) is 10.6 Å². The zero-order valence-corrected chi connectivity index (χ0v) is 21.0. The fraction of sp³-hybridized carbons (Fsp3) is 0.241. The van der Waals surface area contributed by atoms with Gasteiger partial charge >= 0.3 is 0 Å². The van der Waals surface area contributed by atoms with Gasteiger partial charge in [0, 0.05) is 35.3 Å². The van der Waals surface area contributed by atoms with E-state index in [1.54, 1.807) is 12.1 Å². The Bertz CT molecular complexity index is 1430. The molecule has 0 spiro atoms. The summed E-state index contributed by atoms with van der Waals surface area (Å²) in [5.41, 5.74) is 5.69. The van der Waals surface area contributed by atoms with E-state index in [0.717, 1.165) is 41.8 Å². The third-order valence-corrected chi connectivity index (χ3v) is 6.26. The Balaban J connectivity index is 1.78. The van der Waals surface area contributed by atoms with E-state index in [4.69, 9.17) is 4.74 Å². The average Bonchev–Trinajstić information content (AvgIpc) is 2.90. The molecule has 0 saturated carbocycles. The molecule has 0 saturated heterocycles. The van der Waals surface area contributed by atoms with E-state index in [1.807, 2.05) is 38.1 Å². The van der Waals surface area contributed by atoms with Gasteiger partial charge in [-0.1, -0.05) is 38.1 Å². The van der Waals surface area contributed by atoms with Crippen molar-refractivity contribution >= 4 is 33.5 Å². The number of rotatable bonds is 9. The van der Waals surface area contributed by atoms with Crippen molar-refractivity contribution in [2.75, 3.05) is 11.9 Å². The first kappa shape index (κ1) is 24.9. The largest absolute Gasteiger partial charge is 0.454 e. The molecule has 0 heterocycles. The Morgan fingerprint density at radius 3 is 2.33 bits per heavy atom. The first-order valence-electron chi connectivity index (χ1n) is 12.2. The Morgan fingerprint density at radius 1 is 0.889 bits per heavy atom. The molecule has 4 aromatic carbocycles. The summed E-state index contributed by atoms with van der Waals surface area (Å²) >= 11 is 0. The number of nitrogens with one attached hydrogen (secondary N) is 1. The predicted octanol–water partition coefficient (Wildman–Crippen LogP) is 8.82. The summed E-state index contributed by atoms with van der Waals surface area (Å²) in [5.74, 6) is 1.37. The number of benzene rings is 4. The molecule has 0 aliphatic rings. The fourth-order valence-electron chi connectivity index (χ4n) is 4.40. The summed E-state index contributed by atoms with van der Waals surface area (Å²) in [6.07, 6.45) is 1.94. The number of nitrogens with zero attached hydrogens (tertiary/aromatic N) is 3. The Kier molecular flexibility index (Phi) is 7.59. The van der Waals surface area contributed by atoms with Crippen LogP contribution < -0.4 is 10.1 Å². The highest BCUT2D eigenvalue weighted by Gasteiger charge is 2.16. The Hall–Kier alpha value is -4.26. The van der Waals surface area contributed by atoms with Gasteiger partial charge in [-0.05, 0) is 73.5 Å². The quantitative estimate of drug-likeness (QED) is 0.147. The van der Waals surface area contributed by atoms with Crippen molar-refractivity contribution in [3.8, 4) is 11.5 Å². The second kappa shape index (κ2) is 11.0. The van der Waals surface area contributed by atoms with Crippen molar-refractivity contribution < 1.29 is 9.66 Å². The summed E-state index contributed by atoms with van der Waals surface area (Å²) in [7, 11) is 0. The molecule has 0 aliphatic carbocycles. The number of hydrogen-bond acceptors (Lipinski definition) is 6. The molecule has 0 radical (unpaired) electrons. The van der Waals surface area contributed by atoms with Gasteiger partial charge in [-0.25, -0.2) is 0 Å². The van der Waals surface area contributed by atoms with Crippen molar-refractivity contribution in [3.05, 3.63) is 93.5 Å². The van der Waals surface area contributed by atoms with Gasteiger partial charge < -0.3 is 10.1 Å². The maximum Gasteiger partial charge on any atom is 0.269 e. The normalized spacial score (nSPS) is 11.2. The summed E-state index contributed by atoms with van der Waals surface area (Å²) in [4.78, 5) is 10.5. The molecule has 7 nitrogen and oxygen atoms in total. The van der Waals surface area contributed by atoms with E-state index in [1.165, 1.54) is 28.6 Å². The van der Waals surface area contributed by atoms with E-state index in [9.17, 15) is 10.1 Å². The summed E-state index contributed by atoms with van der Waals surface area (Å²) in [6, 6.07) is 20.3. The molecule has 184 valence electrons. The number of non-ortho nitro benzene ring substituents is 1. The maximum absolute atomic E-state index is 10.9. The molecule has 0 bridgehead atoms. The zero-order chi connectivity index (χ0) is 25.7. The number of anilines is 1. The number of nitro groups is 1. The standard InChI is InChI=1S/C29H30N4O3/c1-5-20-11-16-25-24(23(20)6-2)9-8-10-28(25)36-29-19(4)26(30-7-3)17-18-27(29)32-31-21-12-14-22(15-13-21)33(34)35/h8-18,30H,5-7H2,1-4H3. The minimum Gasteiger partial charge on any atom is -0.454 e. The topological polar surface area (TPSA) is 89.1 Å². The van der Waals surface area contributed by atoms with Crippen molar-refractivity contribution in [3.63, 3.8) is 0 Å². The zero-order valence-electron chi connectivity index (χ0n) is 21.0. The lowest BCUT2D eigenvalue weighted by Crippen LogP contribution is -2.00. The van der Waals surface area contributed by atoms with Crippen LogP contribution in [0.2, 0.25) is 0 Å². The van der Waals surface area contributed by atoms with E-state index in [0.29, 0.717) is 17.1 Å². The second-order valence-corrected chi connectivity index (χ2v) is 8.45. The number of ether oxygens (including phenoxy) is 1. The average molecular weight is 483 g/mol. The van der Waals surface area contributed by atoms with Crippen LogP contribution in [0.25, 0.3) is 10.8 Å². The predicted molar refractivity (Wildman–Crippen MR) is 145 cm³/mol. The lowest BCUT2D eigenvalue weighted by molar-refractivity contribution is -0.384. The molecule has 36 heavy (non-hydrogen) atoms. The van der Waals surface area contributed by atoms with Crippen molar-refractivity contribution in [1.82, 2.24) is 0 Å². The SMILES string of the molecule is CCNc1ccc(N=Nc2ccc([N+](=O)[O-])cc2)c(Oc2cccc3c(CC)c(CC)ccc23)c1C. The molecular formula is C29H30N4O3. The molecule has 0 unspecified atom stereocenters. The van der Waals surface area contributed by atoms with Crippen molar-refractivity contribution in [1.29, 1.82) is 0 Å². The van der Waals surface area contributed by atoms with Crippen LogP contribution in [0.3, 0.4) is 0 Å². The van der Waals surface area contributed by atoms with Crippen LogP contribution in [-0.4, -0.2) is 11.5 Å². The monoisotopic (exact) mass is 482 g/mol. The number of hydrogen-bond donors (Lipinski definition) is 1. The second-order valence-electron chi connectivity index (χ2n) is 8.45. The third-order valence-electron chi connectivity index (χ3n) is 6.26. The van der Waals surface area contributed by atoms with Gasteiger partial charge in [0.2, 0.25) is 0 Å². The van der Waals surface area contributed by atoms with Crippen LogP contribution in [0.4, 0.5) is 22.7 Å². The third kappa shape index (κ3) is 5.05. The van der Waals surface area contributed by atoms with Crippen molar-refractivity contribution in [2.24, 2.45) is 10.2 Å². The molecule has 4 rings (SSSR count). The number of aryl methyl sites for hydroxylation is 2. The molecule has 0 atom stereocenters. The van der Waals surface area contributed by atoms with Gasteiger partial charge in [0.1, 0.15) is 11.4 Å². The molecule has 7 heteroatoms. The summed E-state index contributed by atoms with van der Waals surface area (Å²) in [5, 5.41) is 25.3. The van der Waals surface area contributed by atoms with Gasteiger partial charge in [-0.15, -0.1) is 5.11 Å². The highest BCUT2D eigenvalue weighted by atomic mass is 16.6. The van der Waals surface area contributed by atoms with E-state index in [2.05, 4.69) is 47.6 Å². The van der Waals surface area contributed by atoms with Crippen LogP contribution in [0.1, 0.15) is 37.5 Å². The molecule has 0 fully saturated rings. The minimum absolute atomic E-state index is 0.0115. The van der Waals surface area contributed by atoms with Gasteiger partial charge in [0.25, 0.3) is 5.69 Å². The number of fused-ring (bicyclic) bond motifs is 1. The molecule has 4 aromatic rings. The molecule has 1 N–H and O–H groups in total. The minimum atomic E-state index is -0.437. The number of nitro benzene ring substituents is 1. The van der Waals surface area contributed by atoms with Crippen LogP contribution in [-0.2, 0) is 12.8 Å². The molecule has 0 aromatic heterocycles. The van der Waals surface area contributed by atoms with E-state index < -0.39 is 4.92 Å². The molecular weight excluding hydrogens is 452 g/mol. The molecule has 0 aliphatic heterocycles.